The van der Waals surface area contributed by atoms with E-state index in [1.165, 1.54) is 5.56 Å². The van der Waals surface area contributed by atoms with Crippen LogP contribution in [-0.2, 0) is 17.8 Å². The molecule has 31 heavy (non-hydrogen) atoms. The average molecular weight is 410 g/mol. The second kappa shape index (κ2) is 7.76. The summed E-state index contributed by atoms with van der Waals surface area (Å²) in [6.07, 6.45) is 2.59. The van der Waals surface area contributed by atoms with Crippen LogP contribution in [0, 0.1) is 0 Å². The van der Waals surface area contributed by atoms with Crippen LogP contribution >= 0.6 is 0 Å². The summed E-state index contributed by atoms with van der Waals surface area (Å²) in [5, 5.41) is 0. The van der Waals surface area contributed by atoms with Crippen molar-refractivity contribution in [3.63, 3.8) is 0 Å². The fourth-order valence-electron chi connectivity index (χ4n) is 4.26. The highest BCUT2D eigenvalue weighted by Crippen LogP contribution is 2.30. The molecule has 0 N–H and O–H groups in total. The van der Waals surface area contributed by atoms with Crippen LogP contribution in [0.2, 0.25) is 0 Å². The first-order chi connectivity index (χ1) is 15.2. The number of methoxy groups -OCH3 is 1. The van der Waals surface area contributed by atoms with Crippen LogP contribution in [0.1, 0.15) is 21.6 Å². The lowest BCUT2D eigenvalue weighted by Gasteiger charge is -2.28. The van der Waals surface area contributed by atoms with Crippen molar-refractivity contribution in [1.82, 2.24) is 9.30 Å². The van der Waals surface area contributed by atoms with Gasteiger partial charge in [-0.15, -0.1) is 0 Å². The van der Waals surface area contributed by atoms with Crippen LogP contribution in [0.15, 0.2) is 79.0 Å². The number of pyridine rings is 1. The van der Waals surface area contributed by atoms with E-state index in [4.69, 9.17) is 4.74 Å². The molecule has 5 rings (SSSR count). The van der Waals surface area contributed by atoms with E-state index < -0.39 is 11.7 Å². The van der Waals surface area contributed by atoms with Crippen molar-refractivity contribution in [1.29, 1.82) is 0 Å². The largest absolute Gasteiger partial charge is 0.497 e. The quantitative estimate of drug-likeness (QED) is 0.371. The highest BCUT2D eigenvalue weighted by molar-refractivity contribution is 6.43. The third-order valence-electron chi connectivity index (χ3n) is 5.91. The Morgan fingerprint density at radius 1 is 0.903 bits per heavy atom. The number of aromatic nitrogens is 1. The Morgan fingerprint density at radius 2 is 1.65 bits per heavy atom. The summed E-state index contributed by atoms with van der Waals surface area (Å²) in [5.41, 5.74) is 5.21. The van der Waals surface area contributed by atoms with E-state index >= 15 is 0 Å². The van der Waals surface area contributed by atoms with Crippen LogP contribution in [-0.4, -0.2) is 34.6 Å². The average Bonchev–Trinajstić information content (AvgIpc) is 3.22. The van der Waals surface area contributed by atoms with Crippen LogP contribution in [0.25, 0.3) is 16.6 Å². The Kier molecular flexibility index (Phi) is 4.79. The maximum absolute atomic E-state index is 13.5. The van der Waals surface area contributed by atoms with Crippen molar-refractivity contribution in [3.8, 4) is 16.9 Å². The zero-order valence-electron chi connectivity index (χ0n) is 17.2. The third-order valence-corrected chi connectivity index (χ3v) is 5.91. The predicted molar refractivity (Wildman–Crippen MR) is 119 cm³/mol. The highest BCUT2D eigenvalue weighted by atomic mass is 16.5. The van der Waals surface area contributed by atoms with Crippen molar-refractivity contribution < 1.29 is 14.3 Å². The maximum atomic E-state index is 13.5. The van der Waals surface area contributed by atoms with E-state index in [0.717, 1.165) is 34.4 Å². The molecule has 0 atom stereocenters. The number of rotatable bonds is 4. The van der Waals surface area contributed by atoms with Gasteiger partial charge in [-0.3, -0.25) is 9.59 Å². The monoisotopic (exact) mass is 410 g/mol. The van der Waals surface area contributed by atoms with E-state index in [2.05, 4.69) is 6.07 Å². The molecule has 5 heteroatoms. The minimum atomic E-state index is -0.489. The lowest BCUT2D eigenvalue weighted by molar-refractivity contribution is -0.127. The molecule has 0 saturated carbocycles. The first-order valence-electron chi connectivity index (χ1n) is 10.3. The number of nitrogens with zero attached hydrogens (tertiary/aromatic N) is 2. The molecule has 0 unspecified atom stereocenters. The lowest BCUT2D eigenvalue weighted by Crippen LogP contribution is -2.40. The van der Waals surface area contributed by atoms with Gasteiger partial charge in [-0.05, 0) is 53.4 Å². The smallest absolute Gasteiger partial charge is 0.296 e. The first kappa shape index (κ1) is 19.1. The van der Waals surface area contributed by atoms with Gasteiger partial charge in [-0.25, -0.2) is 0 Å². The van der Waals surface area contributed by atoms with Gasteiger partial charge in [0, 0.05) is 30.4 Å². The molecule has 0 fully saturated rings. The standard InChI is InChI=1S/C26H22N2O3/c1-31-22-11-9-19(10-12-22)23-16-21-8-4-5-14-28(21)24(23)25(29)26(30)27-15-13-18-6-2-3-7-20(18)17-27/h2-12,14,16H,13,15,17H2,1H3. The second-order valence-corrected chi connectivity index (χ2v) is 7.71. The normalized spacial score (nSPS) is 13.1. The van der Waals surface area contributed by atoms with Gasteiger partial charge in [0.1, 0.15) is 11.4 Å². The van der Waals surface area contributed by atoms with E-state index in [-0.39, 0.29) is 0 Å². The molecule has 3 heterocycles. The maximum Gasteiger partial charge on any atom is 0.296 e. The Bertz CT molecular complexity index is 1290. The minimum absolute atomic E-state index is 0.393. The third kappa shape index (κ3) is 3.38. The molecular formula is C26H22N2O3. The molecule has 1 aliphatic heterocycles. The Hall–Kier alpha value is -3.86. The Balaban J connectivity index is 1.54. The van der Waals surface area contributed by atoms with Crippen LogP contribution in [0.4, 0.5) is 0 Å². The van der Waals surface area contributed by atoms with Gasteiger partial charge in [-0.2, -0.15) is 0 Å². The van der Waals surface area contributed by atoms with E-state index in [0.29, 0.717) is 18.8 Å². The Morgan fingerprint density at radius 3 is 2.42 bits per heavy atom. The molecule has 4 aromatic rings. The minimum Gasteiger partial charge on any atom is -0.497 e. The molecule has 1 amide bonds. The molecule has 1 aliphatic rings. The number of benzene rings is 2. The van der Waals surface area contributed by atoms with Gasteiger partial charge >= 0.3 is 0 Å². The summed E-state index contributed by atoms with van der Waals surface area (Å²) in [6.45, 7) is 1.00. The van der Waals surface area contributed by atoms with Crippen molar-refractivity contribution in [2.75, 3.05) is 13.7 Å². The van der Waals surface area contributed by atoms with E-state index in [1.807, 2.05) is 72.9 Å². The van der Waals surface area contributed by atoms with Gasteiger partial charge in [-0.1, -0.05) is 42.5 Å². The Labute approximate surface area is 180 Å². The van der Waals surface area contributed by atoms with Gasteiger partial charge in [0.15, 0.2) is 0 Å². The van der Waals surface area contributed by atoms with Crippen molar-refractivity contribution in [2.45, 2.75) is 13.0 Å². The summed E-state index contributed by atoms with van der Waals surface area (Å²) in [4.78, 5) is 28.4. The molecule has 0 saturated heterocycles. The van der Waals surface area contributed by atoms with Crippen molar-refractivity contribution in [3.05, 3.63) is 95.8 Å². The SMILES string of the molecule is COc1ccc(-c2cc3ccccn3c2C(=O)C(=O)N2CCc3ccccc3C2)cc1. The molecular weight excluding hydrogens is 388 g/mol. The summed E-state index contributed by atoms with van der Waals surface area (Å²) >= 11 is 0. The molecule has 0 aliphatic carbocycles. The molecule has 154 valence electrons. The number of Topliss-reactive ketones (excluding diaryl/α,β-unsaturated/α-hetero) is 1. The van der Waals surface area contributed by atoms with Gasteiger partial charge in [0.2, 0.25) is 0 Å². The fraction of sp³-hybridized carbons (Fsp3) is 0.154. The molecule has 2 aromatic carbocycles. The summed E-state index contributed by atoms with van der Waals surface area (Å²) in [6, 6.07) is 23.3. The molecule has 2 aromatic heterocycles. The van der Waals surface area contributed by atoms with Crippen molar-refractivity contribution in [2.24, 2.45) is 0 Å². The van der Waals surface area contributed by atoms with Crippen LogP contribution in [0.3, 0.4) is 0 Å². The van der Waals surface area contributed by atoms with Gasteiger partial charge in [0.25, 0.3) is 11.7 Å². The first-order valence-corrected chi connectivity index (χ1v) is 10.3. The van der Waals surface area contributed by atoms with E-state index in [9.17, 15) is 9.59 Å². The number of ether oxygens (including phenoxy) is 1. The van der Waals surface area contributed by atoms with Crippen LogP contribution in [0.5, 0.6) is 5.75 Å². The van der Waals surface area contributed by atoms with Gasteiger partial charge in [0.05, 0.1) is 7.11 Å². The fourth-order valence-corrected chi connectivity index (χ4v) is 4.26. The van der Waals surface area contributed by atoms with Gasteiger partial charge < -0.3 is 14.0 Å². The summed E-state index contributed by atoms with van der Waals surface area (Å²) in [5.74, 6) is -0.215. The lowest BCUT2D eigenvalue weighted by atomic mass is 9.98. The number of ketones is 1. The second-order valence-electron chi connectivity index (χ2n) is 7.71. The number of fused-ring (bicyclic) bond motifs is 2. The predicted octanol–water partition coefficient (Wildman–Crippen LogP) is 4.38. The number of hydrogen-bond acceptors (Lipinski definition) is 3. The molecule has 0 radical (unpaired) electrons. The van der Waals surface area contributed by atoms with E-state index in [1.54, 1.807) is 16.4 Å². The molecule has 0 spiro atoms. The highest BCUT2D eigenvalue weighted by Gasteiger charge is 2.30. The van der Waals surface area contributed by atoms with Crippen molar-refractivity contribution >= 4 is 17.2 Å². The number of carbonyl (C=O) groups excluding carboxylic acids is 2. The number of hydrogen-bond donors (Lipinski definition) is 0. The number of carbonyl (C=O) groups is 2. The summed E-state index contributed by atoms with van der Waals surface area (Å²) in [7, 11) is 1.62. The zero-order chi connectivity index (χ0) is 21.4. The molecule has 5 nitrogen and oxygen atoms in total. The zero-order valence-corrected chi connectivity index (χ0v) is 17.2. The summed E-state index contributed by atoms with van der Waals surface area (Å²) < 4.78 is 7.06. The number of amides is 1. The topological polar surface area (TPSA) is 51.0 Å². The van der Waals surface area contributed by atoms with Crippen LogP contribution < -0.4 is 4.74 Å². The molecule has 0 bridgehead atoms.